The Morgan fingerprint density at radius 3 is 2.25 bits per heavy atom. The molecule has 1 amide bonds. The van der Waals surface area contributed by atoms with Gasteiger partial charge in [0.2, 0.25) is 5.91 Å². The molecule has 0 rings (SSSR count). The van der Waals surface area contributed by atoms with Crippen LogP contribution in [0, 0.1) is 5.92 Å². The quantitative estimate of drug-likeness (QED) is 0.573. The highest BCUT2D eigenvalue weighted by atomic mass is 16.1. The van der Waals surface area contributed by atoms with Gasteiger partial charge in [-0.05, 0) is 59.0 Å². The lowest BCUT2D eigenvalue weighted by molar-refractivity contribution is -0.124. The van der Waals surface area contributed by atoms with Crippen molar-refractivity contribution in [1.82, 2.24) is 10.2 Å². The molecule has 0 aliphatic heterocycles. The number of rotatable bonds is 11. The molecule has 1 unspecified atom stereocenters. The minimum absolute atomic E-state index is 0.249. The normalized spacial score (nSPS) is 15.1. The fourth-order valence-corrected chi connectivity index (χ4v) is 2.61. The summed E-state index contributed by atoms with van der Waals surface area (Å²) in [6, 6.07) is 0.264. The van der Waals surface area contributed by atoms with Crippen LogP contribution in [0.15, 0.2) is 0 Å². The fourth-order valence-electron chi connectivity index (χ4n) is 2.61. The maximum absolute atomic E-state index is 11.6. The first-order valence-electron chi connectivity index (χ1n) is 8.01. The summed E-state index contributed by atoms with van der Waals surface area (Å²) in [6.07, 6.45) is 2.94. The first-order chi connectivity index (χ1) is 9.21. The molecular weight excluding hydrogens is 250 g/mol. The maximum Gasteiger partial charge on any atom is 0.237 e. The van der Waals surface area contributed by atoms with Crippen LogP contribution in [0.4, 0.5) is 0 Å². The number of carbonyl (C=O) groups is 1. The first kappa shape index (κ1) is 19.4. The third kappa shape index (κ3) is 7.85. The van der Waals surface area contributed by atoms with E-state index in [4.69, 9.17) is 5.73 Å². The van der Waals surface area contributed by atoms with E-state index in [-0.39, 0.29) is 11.9 Å². The lowest BCUT2D eigenvalue weighted by Gasteiger charge is -2.30. The van der Waals surface area contributed by atoms with E-state index in [1.807, 2.05) is 20.8 Å². The molecule has 0 saturated carbocycles. The molecule has 0 bridgehead atoms. The molecule has 0 heterocycles. The predicted octanol–water partition coefficient (Wildman–Crippen LogP) is 2.38. The van der Waals surface area contributed by atoms with Gasteiger partial charge in [-0.3, -0.25) is 4.79 Å². The van der Waals surface area contributed by atoms with Gasteiger partial charge in [0.1, 0.15) is 0 Å². The van der Waals surface area contributed by atoms with Gasteiger partial charge in [0.25, 0.3) is 0 Å². The van der Waals surface area contributed by atoms with E-state index in [1.165, 1.54) is 0 Å². The Labute approximate surface area is 125 Å². The van der Waals surface area contributed by atoms with Gasteiger partial charge < -0.3 is 16.0 Å². The van der Waals surface area contributed by atoms with Gasteiger partial charge in [0, 0.05) is 12.6 Å². The Morgan fingerprint density at radius 1 is 1.25 bits per heavy atom. The van der Waals surface area contributed by atoms with E-state index in [9.17, 15) is 4.79 Å². The van der Waals surface area contributed by atoms with Crippen LogP contribution in [-0.4, -0.2) is 42.0 Å². The smallest absolute Gasteiger partial charge is 0.237 e. The Bertz CT molecular complexity index is 279. The third-order valence-corrected chi connectivity index (χ3v) is 3.62. The molecular formula is C16H35N3O. The van der Waals surface area contributed by atoms with Crippen molar-refractivity contribution in [2.24, 2.45) is 11.7 Å². The zero-order valence-electron chi connectivity index (χ0n) is 14.3. The van der Waals surface area contributed by atoms with Crippen molar-refractivity contribution in [3.05, 3.63) is 0 Å². The van der Waals surface area contributed by atoms with Crippen LogP contribution in [0.5, 0.6) is 0 Å². The van der Waals surface area contributed by atoms with Crippen LogP contribution < -0.4 is 11.1 Å². The molecule has 0 aliphatic rings. The van der Waals surface area contributed by atoms with Gasteiger partial charge in [0.05, 0.1) is 5.54 Å². The van der Waals surface area contributed by atoms with Crippen LogP contribution in [-0.2, 0) is 4.79 Å². The first-order valence-corrected chi connectivity index (χ1v) is 8.01. The van der Waals surface area contributed by atoms with Gasteiger partial charge in [-0.1, -0.05) is 20.8 Å². The van der Waals surface area contributed by atoms with Gasteiger partial charge in [0.15, 0.2) is 0 Å². The summed E-state index contributed by atoms with van der Waals surface area (Å²) in [6.45, 7) is 16.1. The van der Waals surface area contributed by atoms with Gasteiger partial charge in [-0.15, -0.1) is 0 Å². The molecule has 120 valence electrons. The van der Waals surface area contributed by atoms with E-state index in [0.717, 1.165) is 38.9 Å². The molecule has 0 fully saturated rings. The molecule has 20 heavy (non-hydrogen) atoms. The molecule has 0 aromatic rings. The van der Waals surface area contributed by atoms with Crippen LogP contribution in [0.2, 0.25) is 0 Å². The van der Waals surface area contributed by atoms with Crippen LogP contribution in [0.1, 0.15) is 60.8 Å². The zero-order chi connectivity index (χ0) is 15.8. The van der Waals surface area contributed by atoms with Gasteiger partial charge in [-0.25, -0.2) is 0 Å². The van der Waals surface area contributed by atoms with Crippen molar-refractivity contribution in [1.29, 1.82) is 0 Å². The number of primary amides is 1. The molecule has 0 saturated heterocycles. The highest BCUT2D eigenvalue weighted by Gasteiger charge is 2.30. The van der Waals surface area contributed by atoms with Crippen LogP contribution >= 0.6 is 0 Å². The molecule has 0 radical (unpaired) electrons. The van der Waals surface area contributed by atoms with Crippen molar-refractivity contribution in [2.45, 2.75) is 72.4 Å². The molecule has 0 aromatic carbocycles. The largest absolute Gasteiger partial charge is 0.368 e. The highest BCUT2D eigenvalue weighted by Crippen LogP contribution is 2.15. The number of hydrogen-bond acceptors (Lipinski definition) is 3. The second-order valence-corrected chi connectivity index (χ2v) is 6.74. The summed E-state index contributed by atoms with van der Waals surface area (Å²) in [5.41, 5.74) is 4.96. The number of nitrogens with one attached hydrogen (secondary N) is 1. The van der Waals surface area contributed by atoms with E-state index in [0.29, 0.717) is 5.92 Å². The number of hydrogen-bond donors (Lipinski definition) is 2. The van der Waals surface area contributed by atoms with Crippen LogP contribution in [0.3, 0.4) is 0 Å². The van der Waals surface area contributed by atoms with Crippen molar-refractivity contribution in [3.8, 4) is 0 Å². The number of nitrogens with two attached hydrogens (primary N) is 1. The summed E-state index contributed by atoms with van der Waals surface area (Å²) in [5, 5.41) is 3.30. The Morgan fingerprint density at radius 2 is 1.85 bits per heavy atom. The number of amides is 1. The topological polar surface area (TPSA) is 58.4 Å². The fraction of sp³-hybridized carbons (Fsp3) is 0.938. The molecule has 0 aromatic heterocycles. The second kappa shape index (κ2) is 9.35. The third-order valence-electron chi connectivity index (χ3n) is 3.62. The minimum atomic E-state index is -0.580. The van der Waals surface area contributed by atoms with Crippen molar-refractivity contribution in [3.63, 3.8) is 0 Å². The monoisotopic (exact) mass is 285 g/mol. The lowest BCUT2D eigenvalue weighted by atomic mass is 9.93. The average Bonchev–Trinajstić information content (AvgIpc) is 2.31. The second-order valence-electron chi connectivity index (χ2n) is 6.74. The number of unbranched alkanes of at least 4 members (excludes halogenated alkanes) is 1. The number of carbonyl (C=O) groups excluding carboxylic acids is 1. The minimum Gasteiger partial charge on any atom is -0.368 e. The molecule has 4 nitrogen and oxygen atoms in total. The summed E-state index contributed by atoms with van der Waals surface area (Å²) >= 11 is 0. The summed E-state index contributed by atoms with van der Waals surface area (Å²) in [7, 11) is 0. The summed E-state index contributed by atoms with van der Waals surface area (Å²) < 4.78 is 0. The Kier molecular flexibility index (Phi) is 9.06. The Hall–Kier alpha value is -0.610. The molecule has 0 spiro atoms. The summed E-state index contributed by atoms with van der Waals surface area (Å²) in [4.78, 5) is 14.1. The van der Waals surface area contributed by atoms with E-state index in [2.05, 4.69) is 31.0 Å². The van der Waals surface area contributed by atoms with E-state index in [1.54, 1.807) is 0 Å². The molecule has 3 N–H and O–H groups in total. The van der Waals surface area contributed by atoms with E-state index >= 15 is 0 Å². The van der Waals surface area contributed by atoms with Crippen molar-refractivity contribution < 1.29 is 4.79 Å². The maximum atomic E-state index is 11.6. The lowest BCUT2D eigenvalue weighted by Crippen LogP contribution is -2.55. The average molecular weight is 285 g/mol. The Balaban J connectivity index is 4.15. The van der Waals surface area contributed by atoms with Crippen molar-refractivity contribution in [2.75, 3.05) is 19.6 Å². The highest BCUT2D eigenvalue weighted by molar-refractivity contribution is 5.84. The van der Waals surface area contributed by atoms with Gasteiger partial charge >= 0.3 is 0 Å². The molecule has 0 aliphatic carbocycles. The number of nitrogens with zero attached hydrogens (tertiary/aromatic N) is 1. The van der Waals surface area contributed by atoms with E-state index < -0.39 is 5.54 Å². The van der Waals surface area contributed by atoms with Crippen molar-refractivity contribution >= 4 is 5.91 Å². The summed E-state index contributed by atoms with van der Waals surface area (Å²) in [5.74, 6) is 0.453. The zero-order valence-corrected chi connectivity index (χ0v) is 14.3. The van der Waals surface area contributed by atoms with Gasteiger partial charge in [-0.2, -0.15) is 0 Å². The molecule has 1 atom stereocenters. The molecule has 4 heteroatoms. The predicted molar refractivity (Wildman–Crippen MR) is 86.7 cm³/mol. The van der Waals surface area contributed by atoms with Crippen LogP contribution in [0.25, 0.3) is 0 Å². The SMILES string of the molecule is CCN(CCCCC(C)(NC(C)C)C(N)=O)CC(C)C. The standard InChI is InChI=1S/C16H35N3O/c1-7-19(12-13(2)3)11-9-8-10-16(6,15(17)20)18-14(4)5/h13-14,18H,7-12H2,1-6H3,(H2,17,20).